The largest absolute Gasteiger partial charge is 0.388 e. The van der Waals surface area contributed by atoms with Crippen molar-refractivity contribution in [2.45, 2.75) is 44.9 Å². The summed E-state index contributed by atoms with van der Waals surface area (Å²) in [6, 6.07) is 9.47. The number of rotatable bonds is 4. The summed E-state index contributed by atoms with van der Waals surface area (Å²) in [4.78, 5) is 16.9. The van der Waals surface area contributed by atoms with E-state index in [2.05, 4.69) is 10.3 Å². The Morgan fingerprint density at radius 3 is 2.48 bits per heavy atom. The van der Waals surface area contributed by atoms with Gasteiger partial charge in [-0.2, -0.15) is 0 Å². The van der Waals surface area contributed by atoms with Crippen LogP contribution in [0, 0.1) is 0 Å². The van der Waals surface area contributed by atoms with Crippen molar-refractivity contribution < 1.29 is 9.90 Å². The van der Waals surface area contributed by atoms with Gasteiger partial charge in [0.05, 0.1) is 16.2 Å². The third kappa shape index (κ3) is 3.66. The molecule has 1 unspecified atom stereocenters. The van der Waals surface area contributed by atoms with Crippen molar-refractivity contribution in [2.75, 3.05) is 5.75 Å². The highest BCUT2D eigenvalue weighted by atomic mass is 32.2. The van der Waals surface area contributed by atoms with Crippen LogP contribution in [0.25, 0.3) is 0 Å². The van der Waals surface area contributed by atoms with Gasteiger partial charge in [0, 0.05) is 11.3 Å². The Hall–Kier alpha value is -1.33. The van der Waals surface area contributed by atoms with Gasteiger partial charge in [0.25, 0.3) is 0 Å². The van der Waals surface area contributed by atoms with Crippen molar-refractivity contribution in [3.63, 3.8) is 0 Å². The van der Waals surface area contributed by atoms with Crippen LogP contribution in [0.1, 0.15) is 33.3 Å². The van der Waals surface area contributed by atoms with E-state index in [0.717, 1.165) is 10.6 Å². The molecular weight excluding hydrogens is 284 g/mol. The molecule has 0 spiro atoms. The van der Waals surface area contributed by atoms with Gasteiger partial charge in [-0.25, -0.2) is 0 Å². The number of nitrogens with one attached hydrogen (secondary N) is 1. The number of amides is 1. The molecule has 0 radical (unpaired) electrons. The fraction of sp³-hybridized carbons (Fsp3) is 0.500. The van der Waals surface area contributed by atoms with Crippen LogP contribution in [0.4, 0.5) is 0 Å². The third-order valence-electron chi connectivity index (χ3n) is 3.94. The predicted octanol–water partition coefficient (Wildman–Crippen LogP) is 2.21. The first kappa shape index (κ1) is 16.0. The Morgan fingerprint density at radius 1 is 1.29 bits per heavy atom. The van der Waals surface area contributed by atoms with Crippen LogP contribution < -0.4 is 5.32 Å². The van der Waals surface area contributed by atoms with E-state index in [1.54, 1.807) is 25.6 Å². The van der Waals surface area contributed by atoms with Crippen LogP contribution in [0.5, 0.6) is 0 Å². The summed E-state index contributed by atoms with van der Waals surface area (Å²) >= 11 is 1.59. The number of benzene rings is 1. The van der Waals surface area contributed by atoms with Crippen LogP contribution >= 0.6 is 11.8 Å². The molecule has 1 aromatic carbocycles. The molecule has 2 N–H and O–H groups in total. The number of aliphatic hydroxyl groups is 1. The number of carbonyl (C=O) groups is 1. The summed E-state index contributed by atoms with van der Waals surface area (Å²) in [5, 5.41) is 13.9. The molecule has 1 amide bonds. The van der Waals surface area contributed by atoms with Crippen molar-refractivity contribution in [1.29, 1.82) is 0 Å². The first-order chi connectivity index (χ1) is 9.71. The van der Waals surface area contributed by atoms with Gasteiger partial charge >= 0.3 is 0 Å². The highest BCUT2D eigenvalue weighted by molar-refractivity contribution is 8.14. The van der Waals surface area contributed by atoms with Crippen molar-refractivity contribution in [2.24, 2.45) is 4.99 Å². The maximum absolute atomic E-state index is 12.3. The molecule has 0 fully saturated rings. The average Bonchev–Trinajstić information content (AvgIpc) is 2.87. The first-order valence-corrected chi connectivity index (χ1v) is 8.00. The van der Waals surface area contributed by atoms with Crippen molar-refractivity contribution in [1.82, 2.24) is 5.32 Å². The quantitative estimate of drug-likeness (QED) is 0.896. The zero-order valence-corrected chi connectivity index (χ0v) is 13.7. The van der Waals surface area contributed by atoms with Crippen molar-refractivity contribution in [3.05, 3.63) is 35.9 Å². The van der Waals surface area contributed by atoms with Gasteiger partial charge in [-0.3, -0.25) is 9.79 Å². The minimum atomic E-state index is -1.000. The smallest absolute Gasteiger partial charge is 0.246 e. The second kappa shape index (κ2) is 5.81. The summed E-state index contributed by atoms with van der Waals surface area (Å²) in [7, 11) is 0. The lowest BCUT2D eigenvalue weighted by Crippen LogP contribution is -2.59. The predicted molar refractivity (Wildman–Crippen MR) is 87.7 cm³/mol. The molecule has 1 aliphatic rings. The van der Waals surface area contributed by atoms with E-state index in [0.29, 0.717) is 5.75 Å². The number of thioether (sulfide) groups is 1. The summed E-state index contributed by atoms with van der Waals surface area (Å²) in [6.07, 6.45) is 0. The van der Waals surface area contributed by atoms with Gasteiger partial charge in [0.2, 0.25) is 5.91 Å². The van der Waals surface area contributed by atoms with E-state index in [4.69, 9.17) is 0 Å². The summed E-state index contributed by atoms with van der Waals surface area (Å²) in [5.74, 6) is 0.499. The molecule has 1 heterocycles. The van der Waals surface area contributed by atoms with E-state index in [1.807, 2.05) is 44.2 Å². The lowest BCUT2D eigenvalue weighted by Gasteiger charge is -2.38. The lowest BCUT2D eigenvalue weighted by atomic mass is 9.86. The lowest BCUT2D eigenvalue weighted by molar-refractivity contribution is -0.126. The standard InChI is InChI=1S/C16H22N2O2S/c1-15(2,16(3,4)20)18-13(19)12-10-21-14(17-12)11-8-6-5-7-9-11/h5-9,12,20H,10H2,1-4H3,(H,18,19). The molecule has 114 valence electrons. The van der Waals surface area contributed by atoms with Gasteiger partial charge in [-0.15, -0.1) is 11.8 Å². The normalized spacial score (nSPS) is 19.3. The second-order valence-electron chi connectivity index (χ2n) is 6.30. The zero-order chi connectivity index (χ0) is 15.7. The third-order valence-corrected chi connectivity index (χ3v) is 5.04. The maximum atomic E-state index is 12.3. The molecule has 0 bridgehead atoms. The molecule has 0 aliphatic carbocycles. The van der Waals surface area contributed by atoms with Gasteiger partial charge in [0.1, 0.15) is 6.04 Å². The Kier molecular flexibility index (Phi) is 4.44. The maximum Gasteiger partial charge on any atom is 0.246 e. The summed E-state index contributed by atoms with van der Waals surface area (Å²) in [6.45, 7) is 7.01. The molecule has 1 aromatic rings. The van der Waals surface area contributed by atoms with Crippen LogP contribution in [-0.4, -0.2) is 39.0 Å². The molecule has 5 heteroatoms. The number of carbonyl (C=O) groups excluding carboxylic acids is 1. The fourth-order valence-corrected chi connectivity index (χ4v) is 2.84. The van der Waals surface area contributed by atoms with E-state index in [-0.39, 0.29) is 5.91 Å². The number of aliphatic imine (C=N–C) groups is 1. The van der Waals surface area contributed by atoms with Gasteiger partial charge in [0.15, 0.2) is 0 Å². The molecular formula is C16H22N2O2S. The molecule has 21 heavy (non-hydrogen) atoms. The highest BCUT2D eigenvalue weighted by Gasteiger charge is 2.38. The van der Waals surface area contributed by atoms with Crippen molar-refractivity contribution >= 4 is 22.7 Å². The Morgan fingerprint density at radius 2 is 1.90 bits per heavy atom. The molecule has 1 atom stereocenters. The minimum absolute atomic E-state index is 0.138. The average molecular weight is 306 g/mol. The Labute approximate surface area is 130 Å². The van der Waals surface area contributed by atoms with E-state index >= 15 is 0 Å². The topological polar surface area (TPSA) is 61.7 Å². The van der Waals surface area contributed by atoms with Crippen molar-refractivity contribution in [3.8, 4) is 0 Å². The Balaban J connectivity index is 2.07. The molecule has 0 saturated heterocycles. The van der Waals surface area contributed by atoms with Gasteiger partial charge in [-0.1, -0.05) is 30.3 Å². The highest BCUT2D eigenvalue weighted by Crippen LogP contribution is 2.25. The number of hydrogen-bond acceptors (Lipinski definition) is 4. The SMILES string of the molecule is CC(C)(O)C(C)(C)NC(=O)C1CSC(c2ccccc2)=N1. The van der Waals surface area contributed by atoms with Crippen LogP contribution in [0.2, 0.25) is 0 Å². The van der Waals surface area contributed by atoms with E-state index in [9.17, 15) is 9.90 Å². The molecule has 0 aromatic heterocycles. The molecule has 0 saturated carbocycles. The van der Waals surface area contributed by atoms with Crippen LogP contribution in [0.3, 0.4) is 0 Å². The van der Waals surface area contributed by atoms with Gasteiger partial charge < -0.3 is 10.4 Å². The van der Waals surface area contributed by atoms with Gasteiger partial charge in [-0.05, 0) is 27.7 Å². The summed E-state index contributed by atoms with van der Waals surface area (Å²) in [5.41, 5.74) is -0.667. The zero-order valence-electron chi connectivity index (χ0n) is 12.9. The van der Waals surface area contributed by atoms with E-state index < -0.39 is 17.2 Å². The second-order valence-corrected chi connectivity index (χ2v) is 7.31. The van der Waals surface area contributed by atoms with Crippen LogP contribution in [0.15, 0.2) is 35.3 Å². The fourth-order valence-electron chi connectivity index (χ4n) is 1.79. The number of hydrogen-bond donors (Lipinski definition) is 2. The molecule has 1 aliphatic heterocycles. The number of nitrogens with zero attached hydrogens (tertiary/aromatic N) is 1. The minimum Gasteiger partial charge on any atom is -0.388 e. The van der Waals surface area contributed by atoms with Crippen LogP contribution in [-0.2, 0) is 4.79 Å². The monoisotopic (exact) mass is 306 g/mol. The molecule has 4 nitrogen and oxygen atoms in total. The van der Waals surface area contributed by atoms with E-state index in [1.165, 1.54) is 0 Å². The Bertz CT molecular complexity index is 547. The summed E-state index contributed by atoms with van der Waals surface area (Å²) < 4.78 is 0. The molecule has 2 rings (SSSR count). The first-order valence-electron chi connectivity index (χ1n) is 7.01.